The first kappa shape index (κ1) is 19.2. The molecule has 6 heteroatoms. The molecule has 2 N–H and O–H groups in total. The third-order valence-corrected chi connectivity index (χ3v) is 5.40. The van der Waals surface area contributed by atoms with Crippen molar-refractivity contribution >= 4 is 11.8 Å². The summed E-state index contributed by atoms with van der Waals surface area (Å²) in [5, 5.41) is 5.96. The number of hydrogen-bond donors (Lipinski definition) is 2. The smallest absolute Gasteiger partial charge is 0.242 e. The van der Waals surface area contributed by atoms with Crippen LogP contribution >= 0.6 is 0 Å². The van der Waals surface area contributed by atoms with Gasteiger partial charge in [-0.15, -0.1) is 0 Å². The number of methoxy groups -OCH3 is 1. The van der Waals surface area contributed by atoms with E-state index in [2.05, 4.69) is 15.5 Å². The summed E-state index contributed by atoms with van der Waals surface area (Å²) in [6.45, 7) is 6.12. The summed E-state index contributed by atoms with van der Waals surface area (Å²) in [5.74, 6) is 0.714. The van der Waals surface area contributed by atoms with Gasteiger partial charge in [-0.05, 0) is 50.6 Å². The predicted molar refractivity (Wildman–Crippen MR) is 93.6 cm³/mol. The first-order chi connectivity index (χ1) is 11.6. The lowest BCUT2D eigenvalue weighted by molar-refractivity contribution is -0.129. The van der Waals surface area contributed by atoms with Gasteiger partial charge in [-0.25, -0.2) is 0 Å². The summed E-state index contributed by atoms with van der Waals surface area (Å²) < 4.78 is 5.12. The minimum atomic E-state index is -0.355. The largest absolute Gasteiger partial charge is 0.383 e. The van der Waals surface area contributed by atoms with Crippen LogP contribution in [0.2, 0.25) is 0 Å². The number of piperidine rings is 1. The van der Waals surface area contributed by atoms with Crippen molar-refractivity contribution < 1.29 is 14.3 Å². The Labute approximate surface area is 145 Å². The average Bonchev–Trinajstić information content (AvgIpc) is 3.10. The molecule has 1 heterocycles. The molecule has 0 spiro atoms. The third kappa shape index (κ3) is 6.06. The van der Waals surface area contributed by atoms with E-state index in [1.807, 2.05) is 0 Å². The van der Waals surface area contributed by atoms with E-state index in [0.717, 1.165) is 71.3 Å². The maximum absolute atomic E-state index is 12.6. The van der Waals surface area contributed by atoms with E-state index in [1.165, 1.54) is 6.92 Å². The third-order valence-electron chi connectivity index (χ3n) is 5.40. The molecule has 2 fully saturated rings. The molecule has 0 radical (unpaired) electrons. The van der Waals surface area contributed by atoms with Crippen molar-refractivity contribution in [3.63, 3.8) is 0 Å². The number of hydrogen-bond acceptors (Lipinski definition) is 4. The van der Waals surface area contributed by atoms with Crippen molar-refractivity contribution in [1.29, 1.82) is 0 Å². The molecule has 0 aromatic heterocycles. The Kier molecular flexibility index (Phi) is 7.99. The Balaban J connectivity index is 1.73. The summed E-state index contributed by atoms with van der Waals surface area (Å²) in [4.78, 5) is 26.4. The Morgan fingerprint density at radius 1 is 1.17 bits per heavy atom. The Bertz CT molecular complexity index is 402. The molecule has 24 heavy (non-hydrogen) atoms. The van der Waals surface area contributed by atoms with E-state index in [-0.39, 0.29) is 17.9 Å². The highest BCUT2D eigenvalue weighted by Crippen LogP contribution is 2.28. The lowest BCUT2D eigenvalue weighted by Crippen LogP contribution is -2.51. The highest BCUT2D eigenvalue weighted by molar-refractivity contribution is 5.87. The van der Waals surface area contributed by atoms with E-state index in [9.17, 15) is 9.59 Å². The maximum atomic E-state index is 12.6. The van der Waals surface area contributed by atoms with Crippen LogP contribution in [0.25, 0.3) is 0 Å². The van der Waals surface area contributed by atoms with Crippen LogP contribution in [-0.2, 0) is 14.3 Å². The zero-order valence-electron chi connectivity index (χ0n) is 15.2. The van der Waals surface area contributed by atoms with Gasteiger partial charge in [0.05, 0.1) is 6.61 Å². The number of likely N-dealkylation sites (tertiary alicyclic amines) is 1. The quantitative estimate of drug-likeness (QED) is 0.696. The molecule has 1 saturated heterocycles. The highest BCUT2D eigenvalue weighted by Gasteiger charge is 2.31. The van der Waals surface area contributed by atoms with Crippen molar-refractivity contribution in [2.45, 2.75) is 51.5 Å². The van der Waals surface area contributed by atoms with Gasteiger partial charge in [0.1, 0.15) is 6.04 Å². The second-order valence-corrected chi connectivity index (χ2v) is 7.25. The number of amides is 2. The lowest BCUT2D eigenvalue weighted by atomic mass is 9.95. The fourth-order valence-electron chi connectivity index (χ4n) is 3.90. The maximum Gasteiger partial charge on any atom is 0.242 e. The zero-order chi connectivity index (χ0) is 17.4. The monoisotopic (exact) mass is 339 g/mol. The molecule has 1 atom stereocenters. The molecule has 0 bridgehead atoms. The molecule has 1 aliphatic heterocycles. The van der Waals surface area contributed by atoms with Crippen LogP contribution in [0, 0.1) is 11.8 Å². The van der Waals surface area contributed by atoms with E-state index >= 15 is 0 Å². The summed E-state index contributed by atoms with van der Waals surface area (Å²) in [6, 6.07) is -0.355. The van der Waals surface area contributed by atoms with Gasteiger partial charge in [-0.1, -0.05) is 12.8 Å². The fourth-order valence-corrected chi connectivity index (χ4v) is 3.90. The number of nitrogens with zero attached hydrogens (tertiary/aromatic N) is 1. The molecule has 1 aliphatic carbocycles. The minimum Gasteiger partial charge on any atom is -0.383 e. The van der Waals surface area contributed by atoms with Crippen LogP contribution in [0.4, 0.5) is 0 Å². The van der Waals surface area contributed by atoms with Gasteiger partial charge in [0.15, 0.2) is 0 Å². The van der Waals surface area contributed by atoms with Crippen LogP contribution in [0.15, 0.2) is 0 Å². The van der Waals surface area contributed by atoms with Crippen molar-refractivity contribution in [1.82, 2.24) is 15.5 Å². The summed E-state index contributed by atoms with van der Waals surface area (Å²) in [5.41, 5.74) is 0. The molecule has 2 amide bonds. The van der Waals surface area contributed by atoms with Gasteiger partial charge in [-0.3, -0.25) is 9.59 Å². The minimum absolute atomic E-state index is 0.00101. The SMILES string of the molecule is COCCN1CCC(CNC(=O)[C@@H](NC(C)=O)C2CCCC2)CC1. The molecule has 0 aromatic carbocycles. The number of carbonyl (C=O) groups is 2. The Hall–Kier alpha value is -1.14. The summed E-state index contributed by atoms with van der Waals surface area (Å²) >= 11 is 0. The topological polar surface area (TPSA) is 70.7 Å². The van der Waals surface area contributed by atoms with Crippen molar-refractivity contribution in [3.8, 4) is 0 Å². The van der Waals surface area contributed by atoms with Crippen LogP contribution < -0.4 is 10.6 Å². The average molecular weight is 339 g/mol. The molecule has 0 unspecified atom stereocenters. The van der Waals surface area contributed by atoms with Crippen LogP contribution in [0.1, 0.15) is 45.4 Å². The lowest BCUT2D eigenvalue weighted by Gasteiger charge is -2.32. The molecular weight excluding hydrogens is 306 g/mol. The standard InChI is InChI=1S/C18H33N3O3/c1-14(22)20-17(16-5-3-4-6-16)18(23)19-13-15-7-9-21(10-8-15)11-12-24-2/h15-17H,3-13H2,1-2H3,(H,19,23)(H,20,22)/t17-/m0/s1. The molecule has 0 aromatic rings. The van der Waals surface area contributed by atoms with E-state index in [4.69, 9.17) is 4.74 Å². The first-order valence-electron chi connectivity index (χ1n) is 9.36. The molecule has 1 saturated carbocycles. The van der Waals surface area contributed by atoms with Crippen molar-refractivity contribution in [2.24, 2.45) is 11.8 Å². The Morgan fingerprint density at radius 3 is 2.42 bits per heavy atom. The van der Waals surface area contributed by atoms with Gasteiger partial charge in [0.2, 0.25) is 11.8 Å². The molecule has 2 aliphatic rings. The van der Waals surface area contributed by atoms with Gasteiger partial charge in [0.25, 0.3) is 0 Å². The predicted octanol–water partition coefficient (Wildman–Crippen LogP) is 1.16. The normalized spacial score (nSPS) is 21.6. The van der Waals surface area contributed by atoms with Crippen molar-refractivity contribution in [3.05, 3.63) is 0 Å². The molecule has 138 valence electrons. The van der Waals surface area contributed by atoms with Crippen LogP contribution in [-0.4, -0.2) is 62.7 Å². The first-order valence-corrected chi connectivity index (χ1v) is 9.36. The number of nitrogens with one attached hydrogen (secondary N) is 2. The second-order valence-electron chi connectivity index (χ2n) is 7.25. The van der Waals surface area contributed by atoms with E-state index in [0.29, 0.717) is 11.8 Å². The molecule has 6 nitrogen and oxygen atoms in total. The fraction of sp³-hybridized carbons (Fsp3) is 0.889. The number of rotatable bonds is 8. The Morgan fingerprint density at radius 2 is 1.83 bits per heavy atom. The van der Waals surface area contributed by atoms with E-state index in [1.54, 1.807) is 7.11 Å². The van der Waals surface area contributed by atoms with Gasteiger partial charge >= 0.3 is 0 Å². The molecular formula is C18H33N3O3. The number of carbonyl (C=O) groups excluding carboxylic acids is 2. The zero-order valence-corrected chi connectivity index (χ0v) is 15.2. The van der Waals surface area contributed by atoms with Gasteiger partial charge in [-0.2, -0.15) is 0 Å². The second kappa shape index (κ2) is 9.99. The van der Waals surface area contributed by atoms with Gasteiger partial charge in [0, 0.05) is 27.1 Å². The molecule has 2 rings (SSSR count). The van der Waals surface area contributed by atoms with Gasteiger partial charge < -0.3 is 20.3 Å². The summed E-state index contributed by atoms with van der Waals surface area (Å²) in [6.07, 6.45) is 6.62. The highest BCUT2D eigenvalue weighted by atomic mass is 16.5. The van der Waals surface area contributed by atoms with E-state index < -0.39 is 0 Å². The van der Waals surface area contributed by atoms with Crippen molar-refractivity contribution in [2.75, 3.05) is 39.9 Å². The summed E-state index contributed by atoms with van der Waals surface area (Å²) in [7, 11) is 1.73. The number of ether oxygens (including phenoxy) is 1. The van der Waals surface area contributed by atoms with Crippen LogP contribution in [0.3, 0.4) is 0 Å². The van der Waals surface area contributed by atoms with Crippen LogP contribution in [0.5, 0.6) is 0 Å².